The molecule has 2 heterocycles. The van der Waals surface area contributed by atoms with E-state index in [0.29, 0.717) is 56.7 Å². The van der Waals surface area contributed by atoms with Crippen molar-refractivity contribution in [2.75, 3.05) is 37.6 Å². The number of nitrogens with zero attached hydrogens (tertiary/aromatic N) is 6. The molecule has 1 fully saturated rings. The number of hydrogen-bond acceptors (Lipinski definition) is 6. The summed E-state index contributed by atoms with van der Waals surface area (Å²) < 4.78 is 67.5. The number of benzene rings is 2. The molecule has 4 rings (SSSR count). The van der Waals surface area contributed by atoms with Crippen LogP contribution in [0.15, 0.2) is 42.5 Å². The largest absolute Gasteiger partial charge is 0.416 e. The van der Waals surface area contributed by atoms with E-state index in [-0.39, 0.29) is 5.56 Å². The molecule has 0 aliphatic carbocycles. The second-order valence-corrected chi connectivity index (χ2v) is 8.33. The lowest BCUT2D eigenvalue weighted by Gasteiger charge is -2.36. The van der Waals surface area contributed by atoms with E-state index in [2.05, 4.69) is 20.4 Å². The molecule has 186 valence electrons. The third-order valence-electron chi connectivity index (χ3n) is 6.07. The van der Waals surface area contributed by atoms with Crippen molar-refractivity contribution < 1.29 is 26.7 Å². The van der Waals surface area contributed by atoms with Crippen molar-refractivity contribution in [3.05, 3.63) is 71.1 Å². The molecule has 0 amide bonds. The van der Waals surface area contributed by atoms with Crippen molar-refractivity contribution in [2.24, 2.45) is 0 Å². The van der Waals surface area contributed by atoms with Crippen molar-refractivity contribution >= 4 is 11.5 Å². The van der Waals surface area contributed by atoms with Gasteiger partial charge < -0.3 is 4.90 Å². The van der Waals surface area contributed by atoms with Crippen LogP contribution in [-0.2, 0) is 12.6 Å². The first-order valence-corrected chi connectivity index (χ1v) is 11.0. The minimum absolute atomic E-state index is 0.244. The van der Waals surface area contributed by atoms with Crippen LogP contribution < -0.4 is 4.90 Å². The first-order chi connectivity index (χ1) is 16.6. The Labute approximate surface area is 198 Å². The van der Waals surface area contributed by atoms with Crippen molar-refractivity contribution in [1.82, 2.24) is 25.1 Å². The molecule has 1 aliphatic rings. The Morgan fingerprint density at radius 3 is 2.49 bits per heavy atom. The number of carbonyl (C=O) groups is 1. The van der Waals surface area contributed by atoms with E-state index in [1.807, 2.05) is 4.90 Å². The summed E-state index contributed by atoms with van der Waals surface area (Å²) in [6.07, 6.45) is -3.97. The third kappa shape index (κ3) is 5.64. The smallest absolute Gasteiger partial charge is 0.369 e. The maximum atomic E-state index is 14.0. The zero-order valence-corrected chi connectivity index (χ0v) is 18.8. The van der Waals surface area contributed by atoms with Crippen LogP contribution in [0.4, 0.5) is 27.6 Å². The standard InChI is InChI=1S/C23H23F5N6O/c1-15(22(35)19-6-5-17(24)14-20(19)25)34-21(29-30-31-34)7-8-32-9-11-33(12-10-32)18-4-2-3-16(13-18)23(26,27)28/h2-6,13-15H,7-12H2,1H3. The highest BCUT2D eigenvalue weighted by Crippen LogP contribution is 2.32. The fourth-order valence-electron chi connectivity index (χ4n) is 4.07. The number of anilines is 1. The number of Topliss-reactive ketones (excluding diaryl/α,β-unsaturated/α-hetero) is 1. The molecular formula is C23H23F5N6O. The lowest BCUT2D eigenvalue weighted by atomic mass is 10.0. The van der Waals surface area contributed by atoms with Crippen molar-refractivity contribution in [3.8, 4) is 0 Å². The van der Waals surface area contributed by atoms with Gasteiger partial charge in [0.15, 0.2) is 11.6 Å². The topological polar surface area (TPSA) is 67.2 Å². The number of alkyl halides is 3. The first kappa shape index (κ1) is 24.7. The summed E-state index contributed by atoms with van der Waals surface area (Å²) in [6, 6.07) is 7.16. The Balaban J connectivity index is 1.34. The van der Waals surface area contributed by atoms with E-state index in [1.54, 1.807) is 13.0 Å². The molecule has 1 saturated heterocycles. The van der Waals surface area contributed by atoms with E-state index in [9.17, 15) is 26.7 Å². The zero-order valence-electron chi connectivity index (χ0n) is 18.8. The third-order valence-corrected chi connectivity index (χ3v) is 6.07. The lowest BCUT2D eigenvalue weighted by Crippen LogP contribution is -2.47. The molecule has 0 radical (unpaired) electrons. The highest BCUT2D eigenvalue weighted by atomic mass is 19.4. The number of piperazine rings is 1. The number of hydrogen-bond donors (Lipinski definition) is 0. The molecular weight excluding hydrogens is 471 g/mol. The molecule has 1 aliphatic heterocycles. The minimum Gasteiger partial charge on any atom is -0.369 e. The average Bonchev–Trinajstić information content (AvgIpc) is 3.30. The van der Waals surface area contributed by atoms with E-state index < -0.39 is 35.2 Å². The van der Waals surface area contributed by atoms with Gasteiger partial charge in [0.25, 0.3) is 0 Å². The predicted octanol–water partition coefficient (Wildman–Crippen LogP) is 3.78. The van der Waals surface area contributed by atoms with E-state index in [1.165, 1.54) is 10.7 Å². The molecule has 0 N–H and O–H groups in total. The summed E-state index contributed by atoms with van der Waals surface area (Å²) in [5.41, 5.74) is -0.386. The number of carbonyl (C=O) groups excluding carboxylic acids is 1. The van der Waals surface area contributed by atoms with Gasteiger partial charge in [0.05, 0.1) is 11.1 Å². The van der Waals surface area contributed by atoms with Gasteiger partial charge in [-0.1, -0.05) is 6.07 Å². The molecule has 1 atom stereocenters. The van der Waals surface area contributed by atoms with Gasteiger partial charge in [-0.3, -0.25) is 9.69 Å². The monoisotopic (exact) mass is 494 g/mol. The number of halogens is 5. The van der Waals surface area contributed by atoms with Crippen LogP contribution in [0.3, 0.4) is 0 Å². The molecule has 3 aromatic rings. The van der Waals surface area contributed by atoms with Gasteiger partial charge in [-0.05, 0) is 47.7 Å². The Hall–Kier alpha value is -3.41. The number of ketones is 1. The van der Waals surface area contributed by atoms with Gasteiger partial charge in [0.1, 0.15) is 17.7 Å². The van der Waals surface area contributed by atoms with Crippen LogP contribution in [0.5, 0.6) is 0 Å². The molecule has 0 saturated carbocycles. The van der Waals surface area contributed by atoms with Crippen LogP contribution in [-0.4, -0.2) is 63.6 Å². The molecule has 2 aromatic carbocycles. The van der Waals surface area contributed by atoms with Crippen molar-refractivity contribution in [1.29, 1.82) is 0 Å². The molecule has 35 heavy (non-hydrogen) atoms. The summed E-state index contributed by atoms with van der Waals surface area (Å²) in [5.74, 6) is -1.86. The van der Waals surface area contributed by atoms with Crippen LogP contribution in [0, 0.1) is 11.6 Å². The van der Waals surface area contributed by atoms with Gasteiger partial charge in [-0.25, -0.2) is 13.5 Å². The van der Waals surface area contributed by atoms with E-state index in [4.69, 9.17) is 0 Å². The molecule has 0 spiro atoms. The zero-order chi connectivity index (χ0) is 25.2. The molecule has 7 nitrogen and oxygen atoms in total. The van der Waals surface area contributed by atoms with Gasteiger partial charge in [0, 0.05) is 50.9 Å². The van der Waals surface area contributed by atoms with Gasteiger partial charge in [0.2, 0.25) is 0 Å². The van der Waals surface area contributed by atoms with Crippen molar-refractivity contribution in [3.63, 3.8) is 0 Å². The van der Waals surface area contributed by atoms with E-state index in [0.717, 1.165) is 24.3 Å². The summed E-state index contributed by atoms with van der Waals surface area (Å²) in [4.78, 5) is 16.8. The average molecular weight is 494 g/mol. The van der Waals surface area contributed by atoms with Gasteiger partial charge in [-0.2, -0.15) is 13.2 Å². The fourth-order valence-corrected chi connectivity index (χ4v) is 4.07. The fraction of sp³-hybridized carbons (Fsp3) is 0.391. The first-order valence-electron chi connectivity index (χ1n) is 11.0. The van der Waals surface area contributed by atoms with Gasteiger partial charge in [-0.15, -0.1) is 5.10 Å². The maximum absolute atomic E-state index is 14.0. The Morgan fingerprint density at radius 2 is 1.80 bits per heavy atom. The summed E-state index contributed by atoms with van der Waals surface area (Å²) in [6.45, 7) is 4.50. The SMILES string of the molecule is CC(C(=O)c1ccc(F)cc1F)n1nnnc1CCN1CCN(c2cccc(C(F)(F)F)c2)CC1. The molecule has 0 bridgehead atoms. The Bertz CT molecular complexity index is 1190. The van der Waals surface area contributed by atoms with Crippen LogP contribution in [0.25, 0.3) is 0 Å². The van der Waals surface area contributed by atoms with Gasteiger partial charge >= 0.3 is 6.18 Å². The summed E-state index contributed by atoms with van der Waals surface area (Å²) in [5, 5.41) is 11.5. The van der Waals surface area contributed by atoms with Crippen LogP contribution in [0.1, 0.15) is 34.7 Å². The highest BCUT2D eigenvalue weighted by Gasteiger charge is 2.31. The summed E-state index contributed by atoms with van der Waals surface area (Å²) in [7, 11) is 0. The lowest BCUT2D eigenvalue weighted by molar-refractivity contribution is -0.137. The maximum Gasteiger partial charge on any atom is 0.416 e. The van der Waals surface area contributed by atoms with E-state index >= 15 is 0 Å². The number of tetrazole rings is 1. The normalized spacial score (nSPS) is 15.9. The van der Waals surface area contributed by atoms with Crippen LogP contribution >= 0.6 is 0 Å². The number of aromatic nitrogens is 4. The second kappa shape index (κ2) is 10.1. The highest BCUT2D eigenvalue weighted by molar-refractivity contribution is 5.98. The Kier molecular flexibility index (Phi) is 7.10. The number of rotatable bonds is 7. The molecule has 1 aromatic heterocycles. The molecule has 12 heteroatoms. The minimum atomic E-state index is -4.39. The van der Waals surface area contributed by atoms with Crippen LogP contribution in [0.2, 0.25) is 0 Å². The second-order valence-electron chi connectivity index (χ2n) is 8.33. The summed E-state index contributed by atoms with van der Waals surface area (Å²) >= 11 is 0. The van der Waals surface area contributed by atoms with Crippen molar-refractivity contribution in [2.45, 2.75) is 25.6 Å². The predicted molar refractivity (Wildman–Crippen MR) is 117 cm³/mol. The Morgan fingerprint density at radius 1 is 1.06 bits per heavy atom. The quantitative estimate of drug-likeness (QED) is 0.368. The molecule has 1 unspecified atom stereocenters.